The van der Waals surface area contributed by atoms with Gasteiger partial charge in [0, 0.05) is 11.1 Å². The summed E-state index contributed by atoms with van der Waals surface area (Å²) in [6.07, 6.45) is 1.54. The number of rotatable bonds is 5. The van der Waals surface area contributed by atoms with Gasteiger partial charge in [0.25, 0.3) is 5.91 Å². The Morgan fingerprint density at radius 2 is 1.93 bits per heavy atom. The molecule has 0 aliphatic rings. The molecule has 1 amide bonds. The van der Waals surface area contributed by atoms with E-state index in [4.69, 9.17) is 21.1 Å². The van der Waals surface area contributed by atoms with Gasteiger partial charge < -0.3 is 14.8 Å². The molecule has 4 rings (SSSR count). The summed E-state index contributed by atoms with van der Waals surface area (Å²) in [6.45, 7) is 0. The molecule has 0 atom stereocenters. The number of carbonyl (C=O) groups is 1. The number of nitrogens with one attached hydrogen (secondary N) is 1. The first-order valence-corrected chi connectivity index (χ1v) is 9.28. The highest BCUT2D eigenvalue weighted by Crippen LogP contribution is 2.33. The van der Waals surface area contributed by atoms with E-state index in [1.54, 1.807) is 34.8 Å². The molecular weight excluding hydrogens is 402 g/mol. The summed E-state index contributed by atoms with van der Waals surface area (Å²) in [5, 5.41) is 16.2. The monoisotopic (exact) mass is 415 g/mol. The van der Waals surface area contributed by atoms with Gasteiger partial charge in [0.1, 0.15) is 22.8 Å². The third kappa shape index (κ3) is 3.37. The SMILES string of the molecule is COc1ccc(C(=O)Nc2cc(-c3nn4cnnc4s3)ccc2OC)cc1Cl. The van der Waals surface area contributed by atoms with Gasteiger partial charge in [0.15, 0.2) is 0 Å². The van der Waals surface area contributed by atoms with Crippen LogP contribution in [0.3, 0.4) is 0 Å². The Morgan fingerprint density at radius 1 is 1.14 bits per heavy atom. The number of hydrogen-bond donors (Lipinski definition) is 1. The minimum Gasteiger partial charge on any atom is -0.495 e. The van der Waals surface area contributed by atoms with Crippen LogP contribution in [-0.2, 0) is 0 Å². The second-order valence-electron chi connectivity index (χ2n) is 5.68. The number of amides is 1. The van der Waals surface area contributed by atoms with Crippen LogP contribution in [0.5, 0.6) is 11.5 Å². The Balaban J connectivity index is 1.65. The van der Waals surface area contributed by atoms with Crippen molar-refractivity contribution in [1.82, 2.24) is 19.8 Å². The normalized spacial score (nSPS) is 10.8. The third-order valence-electron chi connectivity index (χ3n) is 4.00. The van der Waals surface area contributed by atoms with Crippen molar-refractivity contribution in [1.29, 1.82) is 0 Å². The van der Waals surface area contributed by atoms with Crippen LogP contribution in [0.2, 0.25) is 5.02 Å². The lowest BCUT2D eigenvalue weighted by molar-refractivity contribution is 0.102. The summed E-state index contributed by atoms with van der Waals surface area (Å²) >= 11 is 7.51. The number of fused-ring (bicyclic) bond motifs is 1. The molecule has 0 radical (unpaired) electrons. The van der Waals surface area contributed by atoms with Gasteiger partial charge in [-0.1, -0.05) is 22.9 Å². The Hall–Kier alpha value is -3.17. The molecule has 0 fully saturated rings. The standard InChI is InChI=1S/C18H14ClN5O3S/c1-26-14-5-3-10(7-12(14)19)16(25)21-13-8-11(4-6-15(13)27-2)17-23-24-9-20-22-18(24)28-17/h3-9H,1-2H3,(H,21,25). The lowest BCUT2D eigenvalue weighted by Gasteiger charge is -2.12. The highest BCUT2D eigenvalue weighted by molar-refractivity contribution is 7.19. The number of benzene rings is 2. The first kappa shape index (κ1) is 18.2. The molecule has 28 heavy (non-hydrogen) atoms. The van der Waals surface area contributed by atoms with Crippen LogP contribution in [0.15, 0.2) is 42.7 Å². The van der Waals surface area contributed by atoms with Crippen LogP contribution >= 0.6 is 22.9 Å². The maximum absolute atomic E-state index is 12.7. The number of ether oxygens (including phenoxy) is 2. The maximum atomic E-state index is 12.7. The van der Waals surface area contributed by atoms with Crippen molar-refractivity contribution in [3.8, 4) is 22.1 Å². The molecule has 0 unspecified atom stereocenters. The quantitative estimate of drug-likeness (QED) is 0.533. The molecule has 2 aromatic heterocycles. The van der Waals surface area contributed by atoms with Crippen molar-refractivity contribution in [3.63, 3.8) is 0 Å². The molecule has 0 saturated carbocycles. The number of anilines is 1. The summed E-state index contributed by atoms with van der Waals surface area (Å²) < 4.78 is 12.1. The molecule has 10 heteroatoms. The zero-order valence-electron chi connectivity index (χ0n) is 14.8. The van der Waals surface area contributed by atoms with E-state index in [1.807, 2.05) is 6.07 Å². The second-order valence-corrected chi connectivity index (χ2v) is 7.05. The fraction of sp³-hybridized carbons (Fsp3) is 0.111. The zero-order chi connectivity index (χ0) is 19.7. The van der Waals surface area contributed by atoms with E-state index in [0.717, 1.165) is 10.6 Å². The Bertz CT molecular complexity index is 1140. The lowest BCUT2D eigenvalue weighted by Crippen LogP contribution is -2.12. The summed E-state index contributed by atoms with van der Waals surface area (Å²) in [5.74, 6) is 0.707. The number of aromatic nitrogens is 4. The van der Waals surface area contributed by atoms with Gasteiger partial charge >= 0.3 is 0 Å². The molecule has 0 spiro atoms. The van der Waals surface area contributed by atoms with Crippen molar-refractivity contribution < 1.29 is 14.3 Å². The van der Waals surface area contributed by atoms with Crippen LogP contribution in [0.4, 0.5) is 5.69 Å². The van der Waals surface area contributed by atoms with Gasteiger partial charge in [0.2, 0.25) is 4.96 Å². The van der Waals surface area contributed by atoms with E-state index in [1.165, 1.54) is 31.9 Å². The fourth-order valence-electron chi connectivity index (χ4n) is 2.62. The van der Waals surface area contributed by atoms with E-state index in [0.29, 0.717) is 32.7 Å². The zero-order valence-corrected chi connectivity index (χ0v) is 16.4. The first-order valence-electron chi connectivity index (χ1n) is 8.09. The predicted molar refractivity (Wildman–Crippen MR) is 107 cm³/mol. The average Bonchev–Trinajstić information content (AvgIpc) is 3.30. The molecule has 4 aromatic rings. The molecule has 0 aliphatic heterocycles. The van der Waals surface area contributed by atoms with Crippen LogP contribution in [0, 0.1) is 0 Å². The highest BCUT2D eigenvalue weighted by atomic mass is 35.5. The summed E-state index contributed by atoms with van der Waals surface area (Å²) in [7, 11) is 3.06. The minimum atomic E-state index is -0.321. The largest absolute Gasteiger partial charge is 0.495 e. The minimum absolute atomic E-state index is 0.321. The summed E-state index contributed by atoms with van der Waals surface area (Å²) in [6, 6.07) is 10.3. The van der Waals surface area contributed by atoms with Crippen molar-refractivity contribution in [2.75, 3.05) is 19.5 Å². The maximum Gasteiger partial charge on any atom is 0.255 e. The van der Waals surface area contributed by atoms with E-state index in [2.05, 4.69) is 20.6 Å². The number of methoxy groups -OCH3 is 2. The molecule has 2 aromatic carbocycles. The summed E-state index contributed by atoms with van der Waals surface area (Å²) in [4.78, 5) is 13.4. The van der Waals surface area contributed by atoms with E-state index < -0.39 is 0 Å². The molecule has 0 bridgehead atoms. The van der Waals surface area contributed by atoms with Gasteiger partial charge in [-0.2, -0.15) is 9.61 Å². The molecule has 1 N–H and O–H groups in total. The van der Waals surface area contributed by atoms with Crippen molar-refractivity contribution in [2.45, 2.75) is 0 Å². The van der Waals surface area contributed by atoms with E-state index in [9.17, 15) is 4.79 Å². The van der Waals surface area contributed by atoms with Crippen LogP contribution < -0.4 is 14.8 Å². The topological polar surface area (TPSA) is 90.6 Å². The molecule has 8 nitrogen and oxygen atoms in total. The van der Waals surface area contributed by atoms with Gasteiger partial charge in [0.05, 0.1) is 24.9 Å². The number of halogens is 1. The Labute approximate surface area is 168 Å². The number of hydrogen-bond acceptors (Lipinski definition) is 7. The van der Waals surface area contributed by atoms with Crippen molar-refractivity contribution >= 4 is 39.5 Å². The smallest absolute Gasteiger partial charge is 0.255 e. The van der Waals surface area contributed by atoms with Gasteiger partial charge in [-0.25, -0.2) is 0 Å². The summed E-state index contributed by atoms with van der Waals surface area (Å²) in [5.41, 5.74) is 1.74. The molecule has 0 aliphatic carbocycles. The lowest BCUT2D eigenvalue weighted by atomic mass is 10.1. The van der Waals surface area contributed by atoms with Crippen molar-refractivity contribution in [2.24, 2.45) is 0 Å². The second kappa shape index (κ2) is 7.45. The predicted octanol–water partition coefficient (Wildman–Crippen LogP) is 3.78. The molecule has 2 heterocycles. The number of carbonyl (C=O) groups excluding carboxylic acids is 1. The number of nitrogens with zero attached hydrogens (tertiary/aromatic N) is 4. The Morgan fingerprint density at radius 3 is 2.64 bits per heavy atom. The van der Waals surface area contributed by atoms with Crippen LogP contribution in [0.25, 0.3) is 15.5 Å². The fourth-order valence-corrected chi connectivity index (χ4v) is 3.69. The molecule has 0 saturated heterocycles. The van der Waals surface area contributed by atoms with Crippen LogP contribution in [-0.4, -0.2) is 39.9 Å². The first-order chi connectivity index (χ1) is 13.6. The third-order valence-corrected chi connectivity index (χ3v) is 5.25. The average molecular weight is 416 g/mol. The van der Waals surface area contributed by atoms with E-state index in [-0.39, 0.29) is 5.91 Å². The van der Waals surface area contributed by atoms with Gasteiger partial charge in [-0.05, 0) is 36.4 Å². The van der Waals surface area contributed by atoms with Crippen LogP contribution in [0.1, 0.15) is 10.4 Å². The molecular formula is C18H14ClN5O3S. The van der Waals surface area contributed by atoms with Gasteiger partial charge in [-0.15, -0.1) is 10.2 Å². The van der Waals surface area contributed by atoms with E-state index >= 15 is 0 Å². The Kier molecular flexibility index (Phi) is 4.84. The highest BCUT2D eigenvalue weighted by Gasteiger charge is 2.15. The molecule has 142 valence electrons. The van der Waals surface area contributed by atoms with Gasteiger partial charge in [-0.3, -0.25) is 4.79 Å². The van der Waals surface area contributed by atoms with Crippen molar-refractivity contribution in [3.05, 3.63) is 53.3 Å².